The van der Waals surface area contributed by atoms with Crippen molar-refractivity contribution in [3.05, 3.63) is 34.5 Å². The van der Waals surface area contributed by atoms with Crippen LogP contribution in [-0.4, -0.2) is 40.3 Å². The van der Waals surface area contributed by atoms with Gasteiger partial charge in [-0.1, -0.05) is 11.6 Å². The Morgan fingerprint density at radius 2 is 2.14 bits per heavy atom. The lowest BCUT2D eigenvalue weighted by molar-refractivity contribution is -0.131. The molecule has 2 aliphatic heterocycles. The van der Waals surface area contributed by atoms with Gasteiger partial charge in [0, 0.05) is 35.2 Å². The zero-order valence-electron chi connectivity index (χ0n) is 11.5. The van der Waals surface area contributed by atoms with E-state index in [-0.39, 0.29) is 18.0 Å². The summed E-state index contributed by atoms with van der Waals surface area (Å²) in [6, 6.07) is 5.34. The normalized spacial score (nSPS) is 21.7. The Bertz CT molecular complexity index is 783. The number of aromatic amines is 1. The predicted octanol–water partition coefficient (Wildman–Crippen LogP) is 2.70. The third-order valence-corrected chi connectivity index (χ3v) is 4.72. The monoisotopic (exact) mass is 303 g/mol. The number of nitrogens with one attached hydrogen (secondary N) is 1. The zero-order valence-corrected chi connectivity index (χ0v) is 12.3. The highest BCUT2D eigenvalue weighted by molar-refractivity contribution is 6.31. The van der Waals surface area contributed by atoms with Crippen LogP contribution in [0.3, 0.4) is 0 Å². The van der Waals surface area contributed by atoms with E-state index >= 15 is 0 Å². The first kappa shape index (κ1) is 12.7. The van der Waals surface area contributed by atoms with E-state index < -0.39 is 0 Å². The number of benzene rings is 1. The van der Waals surface area contributed by atoms with Crippen molar-refractivity contribution in [3.8, 4) is 0 Å². The topological polar surface area (TPSA) is 56.4 Å². The number of rotatable bonds is 0. The third-order valence-electron chi connectivity index (χ3n) is 4.49. The molecule has 21 heavy (non-hydrogen) atoms. The average molecular weight is 304 g/mol. The van der Waals surface area contributed by atoms with Crippen molar-refractivity contribution in [3.63, 3.8) is 0 Å². The van der Waals surface area contributed by atoms with Crippen LogP contribution in [0.5, 0.6) is 0 Å². The molecular weight excluding hydrogens is 290 g/mol. The SMILES string of the molecule is CN1C(=O)CC2c3[nH]c4ccc(Cl)cc4c3CCN2C1=O. The Balaban J connectivity index is 1.87. The van der Waals surface area contributed by atoms with E-state index in [9.17, 15) is 9.59 Å². The molecule has 1 fully saturated rings. The van der Waals surface area contributed by atoms with Gasteiger partial charge in [0.1, 0.15) is 0 Å². The van der Waals surface area contributed by atoms with Crippen LogP contribution in [0.4, 0.5) is 4.79 Å². The molecule has 1 unspecified atom stereocenters. The summed E-state index contributed by atoms with van der Waals surface area (Å²) in [6.07, 6.45) is 1.11. The van der Waals surface area contributed by atoms with E-state index in [2.05, 4.69) is 4.98 Å². The molecule has 3 heterocycles. The highest BCUT2D eigenvalue weighted by Crippen LogP contribution is 2.39. The van der Waals surface area contributed by atoms with Crippen LogP contribution in [0.1, 0.15) is 23.7 Å². The maximum atomic E-state index is 12.2. The summed E-state index contributed by atoms with van der Waals surface area (Å²) in [5.74, 6) is -0.134. The van der Waals surface area contributed by atoms with E-state index in [1.165, 1.54) is 10.5 Å². The number of imide groups is 1. The maximum Gasteiger partial charge on any atom is 0.327 e. The molecule has 1 N–H and O–H groups in total. The summed E-state index contributed by atoms with van der Waals surface area (Å²) in [4.78, 5) is 30.6. The molecule has 2 aliphatic rings. The summed E-state index contributed by atoms with van der Waals surface area (Å²) >= 11 is 6.08. The number of H-pyrrole nitrogens is 1. The van der Waals surface area contributed by atoms with Crippen LogP contribution >= 0.6 is 11.6 Å². The molecule has 108 valence electrons. The Morgan fingerprint density at radius 3 is 2.95 bits per heavy atom. The number of carbonyl (C=O) groups is 2. The Labute approximate surface area is 126 Å². The molecule has 1 atom stereocenters. The van der Waals surface area contributed by atoms with E-state index in [0.29, 0.717) is 18.0 Å². The fraction of sp³-hybridized carbons (Fsp3) is 0.333. The molecule has 3 amide bonds. The number of amides is 3. The first-order valence-corrected chi connectivity index (χ1v) is 7.31. The van der Waals surface area contributed by atoms with E-state index in [1.54, 1.807) is 11.9 Å². The molecule has 0 saturated carbocycles. The average Bonchev–Trinajstić information content (AvgIpc) is 2.83. The van der Waals surface area contributed by atoms with Gasteiger partial charge in [0.2, 0.25) is 5.91 Å². The molecule has 1 saturated heterocycles. The van der Waals surface area contributed by atoms with Crippen LogP contribution in [0, 0.1) is 0 Å². The number of hydrogen-bond acceptors (Lipinski definition) is 2. The van der Waals surface area contributed by atoms with Gasteiger partial charge in [0.15, 0.2) is 0 Å². The van der Waals surface area contributed by atoms with Crippen molar-refractivity contribution in [2.75, 3.05) is 13.6 Å². The fourth-order valence-electron chi connectivity index (χ4n) is 3.38. The lowest BCUT2D eigenvalue weighted by atomic mass is 9.94. The van der Waals surface area contributed by atoms with Gasteiger partial charge in [-0.15, -0.1) is 0 Å². The summed E-state index contributed by atoms with van der Waals surface area (Å²) in [6.45, 7) is 0.633. The van der Waals surface area contributed by atoms with Crippen molar-refractivity contribution < 1.29 is 9.59 Å². The van der Waals surface area contributed by atoms with Crippen molar-refractivity contribution in [1.82, 2.24) is 14.8 Å². The smallest absolute Gasteiger partial charge is 0.327 e. The van der Waals surface area contributed by atoms with Gasteiger partial charge in [-0.25, -0.2) is 4.79 Å². The van der Waals surface area contributed by atoms with Crippen LogP contribution in [0.15, 0.2) is 18.2 Å². The molecular formula is C15H14ClN3O2. The van der Waals surface area contributed by atoms with Gasteiger partial charge in [-0.05, 0) is 30.2 Å². The predicted molar refractivity (Wildman–Crippen MR) is 79.2 cm³/mol. The molecule has 2 aromatic rings. The second-order valence-electron chi connectivity index (χ2n) is 5.61. The summed E-state index contributed by atoms with van der Waals surface area (Å²) < 4.78 is 0. The quantitative estimate of drug-likeness (QED) is 0.813. The van der Waals surface area contributed by atoms with Crippen molar-refractivity contribution in [1.29, 1.82) is 0 Å². The maximum absolute atomic E-state index is 12.2. The van der Waals surface area contributed by atoms with Gasteiger partial charge in [-0.2, -0.15) is 0 Å². The van der Waals surface area contributed by atoms with Gasteiger partial charge in [-0.3, -0.25) is 9.69 Å². The first-order chi connectivity index (χ1) is 10.1. The van der Waals surface area contributed by atoms with Crippen LogP contribution in [0.25, 0.3) is 10.9 Å². The molecule has 1 aromatic heterocycles. The Hall–Kier alpha value is -2.01. The summed E-state index contributed by atoms with van der Waals surface area (Å²) in [5.41, 5.74) is 3.16. The number of aromatic nitrogens is 1. The van der Waals surface area contributed by atoms with Crippen molar-refractivity contribution in [2.45, 2.75) is 18.9 Å². The third kappa shape index (κ3) is 1.70. The standard InChI is InChI=1S/C15H14ClN3O2/c1-18-13(20)7-12-14-9(4-5-19(12)15(18)21)10-6-8(16)2-3-11(10)17-14/h2-3,6,12,17H,4-5,7H2,1H3. The second kappa shape index (κ2) is 4.24. The Kier molecular flexibility index (Phi) is 2.57. The molecule has 0 radical (unpaired) electrons. The number of carbonyl (C=O) groups excluding carboxylic acids is 2. The second-order valence-corrected chi connectivity index (χ2v) is 6.04. The Morgan fingerprint density at radius 1 is 1.33 bits per heavy atom. The minimum Gasteiger partial charge on any atom is -0.356 e. The highest BCUT2D eigenvalue weighted by Gasteiger charge is 2.41. The molecule has 0 aliphatic carbocycles. The first-order valence-electron chi connectivity index (χ1n) is 6.93. The number of hydrogen-bond donors (Lipinski definition) is 1. The number of halogens is 1. The van der Waals surface area contributed by atoms with Gasteiger partial charge < -0.3 is 9.88 Å². The zero-order chi connectivity index (χ0) is 14.7. The van der Waals surface area contributed by atoms with Crippen molar-refractivity contribution >= 4 is 34.4 Å². The fourth-order valence-corrected chi connectivity index (χ4v) is 3.55. The van der Waals surface area contributed by atoms with Gasteiger partial charge in [0.25, 0.3) is 0 Å². The molecule has 0 spiro atoms. The minimum absolute atomic E-state index is 0.134. The molecule has 4 rings (SSSR count). The number of nitrogens with zero attached hydrogens (tertiary/aromatic N) is 2. The largest absolute Gasteiger partial charge is 0.356 e. The van der Waals surface area contributed by atoms with E-state index in [0.717, 1.165) is 23.0 Å². The van der Waals surface area contributed by atoms with Crippen LogP contribution in [0.2, 0.25) is 5.02 Å². The van der Waals surface area contributed by atoms with Gasteiger partial charge in [0.05, 0.1) is 12.5 Å². The molecule has 0 bridgehead atoms. The molecule has 1 aromatic carbocycles. The minimum atomic E-state index is -0.210. The number of urea groups is 1. The summed E-state index contributed by atoms with van der Waals surface area (Å²) in [5, 5.41) is 1.79. The summed E-state index contributed by atoms with van der Waals surface area (Å²) in [7, 11) is 1.54. The van der Waals surface area contributed by atoms with Gasteiger partial charge >= 0.3 is 6.03 Å². The van der Waals surface area contributed by atoms with Crippen LogP contribution < -0.4 is 0 Å². The molecule has 6 heteroatoms. The van der Waals surface area contributed by atoms with E-state index in [4.69, 9.17) is 11.6 Å². The molecule has 5 nitrogen and oxygen atoms in total. The van der Waals surface area contributed by atoms with Crippen LogP contribution in [-0.2, 0) is 11.2 Å². The van der Waals surface area contributed by atoms with Crippen molar-refractivity contribution in [2.24, 2.45) is 0 Å². The number of fused-ring (bicyclic) bond motifs is 5. The van der Waals surface area contributed by atoms with E-state index in [1.807, 2.05) is 18.2 Å². The highest BCUT2D eigenvalue weighted by atomic mass is 35.5. The lowest BCUT2D eigenvalue weighted by Gasteiger charge is -2.41. The lowest BCUT2D eigenvalue weighted by Crippen LogP contribution is -2.53.